The van der Waals surface area contributed by atoms with Crippen LogP contribution in [0, 0.1) is 35.0 Å². The molecule has 2 heterocycles. The molecule has 0 unspecified atom stereocenters. The minimum atomic E-state index is 0. The van der Waals surface area contributed by atoms with Crippen LogP contribution < -0.4 is 11.5 Å². The summed E-state index contributed by atoms with van der Waals surface area (Å²) in [6.45, 7) is 9.50. The van der Waals surface area contributed by atoms with Crippen LogP contribution in [0.25, 0.3) is 21.5 Å². The van der Waals surface area contributed by atoms with Crippen molar-refractivity contribution in [1.29, 1.82) is 15.8 Å². The Morgan fingerprint density at radius 3 is 1.73 bits per heavy atom. The molecule has 142 valence electrons. The van der Waals surface area contributed by atoms with Crippen LogP contribution in [0.2, 0.25) is 0 Å². The minimum absolute atomic E-state index is 0. The Labute approximate surface area is 195 Å². The van der Waals surface area contributed by atoms with Gasteiger partial charge in [-0.2, -0.15) is 5.26 Å². The number of nitriles is 1. The standard InChI is InChI=1S/C10H7N3.C9H7BrN2.2CN.Zn/c11-6-7-1-2-9-8(5-7)3-4-13-10(9)12;10-7-1-2-8-6(5-7)3-4-12-9(8)11;2*1-2;/h1-5H,(H2,12,13);1-5H,(H2,11,12);;;/q;;2*-1;+2. The second-order valence-corrected chi connectivity index (χ2v) is 6.22. The van der Waals surface area contributed by atoms with Crippen molar-refractivity contribution in [1.82, 2.24) is 9.97 Å². The third-order valence-corrected chi connectivity index (χ3v) is 4.17. The number of nitrogens with two attached hydrogens (primary N) is 2. The zero-order valence-corrected chi connectivity index (χ0v) is 20.3. The monoisotopic (exact) mass is 507 g/mol. The first-order valence-electron chi connectivity index (χ1n) is 7.87. The van der Waals surface area contributed by atoms with E-state index in [1.165, 1.54) is 0 Å². The van der Waals surface area contributed by atoms with Crippen LogP contribution in [0.3, 0.4) is 0 Å². The van der Waals surface area contributed by atoms with Crippen molar-refractivity contribution >= 4 is 49.1 Å². The van der Waals surface area contributed by atoms with E-state index >= 15 is 0 Å². The number of nitrogen functional groups attached to an aromatic ring is 2. The molecule has 0 bridgehead atoms. The van der Waals surface area contributed by atoms with Crippen molar-refractivity contribution in [2.75, 3.05) is 11.5 Å². The maximum absolute atomic E-state index is 8.67. The van der Waals surface area contributed by atoms with Gasteiger partial charge in [0.15, 0.2) is 0 Å². The van der Waals surface area contributed by atoms with Crippen LogP contribution >= 0.6 is 15.9 Å². The van der Waals surface area contributed by atoms with Gasteiger partial charge in [0.05, 0.1) is 11.6 Å². The Hall–Kier alpha value is -3.57. The summed E-state index contributed by atoms with van der Waals surface area (Å²) in [7, 11) is 0. The van der Waals surface area contributed by atoms with Gasteiger partial charge in [-0.3, -0.25) is 0 Å². The molecule has 4 N–H and O–H groups in total. The second-order valence-electron chi connectivity index (χ2n) is 5.31. The summed E-state index contributed by atoms with van der Waals surface area (Å²) in [5.41, 5.74) is 12.0. The Morgan fingerprint density at radius 1 is 0.767 bits per heavy atom. The van der Waals surface area contributed by atoms with Crippen LogP contribution in [-0.4, -0.2) is 9.97 Å². The van der Waals surface area contributed by atoms with Crippen LogP contribution in [0.1, 0.15) is 5.56 Å². The van der Waals surface area contributed by atoms with Crippen LogP contribution in [-0.2, 0) is 19.5 Å². The predicted molar refractivity (Wildman–Crippen MR) is 115 cm³/mol. The smallest absolute Gasteiger partial charge is 0.512 e. The molecule has 0 amide bonds. The maximum Gasteiger partial charge on any atom is 2.00 e. The van der Waals surface area contributed by atoms with Gasteiger partial charge in [0.2, 0.25) is 0 Å². The third kappa shape index (κ3) is 6.80. The molecule has 0 aliphatic carbocycles. The number of hydrogen-bond acceptors (Lipinski definition) is 7. The summed E-state index contributed by atoms with van der Waals surface area (Å²) < 4.78 is 1.06. The van der Waals surface area contributed by atoms with Crippen molar-refractivity contribution in [3.63, 3.8) is 0 Å². The topological polar surface area (TPSA) is 149 Å². The molecular weight excluding hydrogens is 496 g/mol. The minimum Gasteiger partial charge on any atom is -0.512 e. The van der Waals surface area contributed by atoms with E-state index in [-0.39, 0.29) is 19.5 Å². The fourth-order valence-electron chi connectivity index (χ4n) is 2.44. The van der Waals surface area contributed by atoms with Gasteiger partial charge < -0.3 is 35.1 Å². The molecule has 4 aromatic rings. The van der Waals surface area contributed by atoms with Crippen LogP contribution in [0.15, 0.2) is 65.4 Å². The molecule has 9 heteroatoms. The molecule has 2 aromatic heterocycles. The van der Waals surface area contributed by atoms with Crippen LogP contribution in [0.4, 0.5) is 11.6 Å². The molecule has 7 nitrogen and oxygen atoms in total. The van der Waals surface area contributed by atoms with Crippen LogP contribution in [0.5, 0.6) is 0 Å². The first-order chi connectivity index (χ1) is 14.1. The van der Waals surface area contributed by atoms with Crippen molar-refractivity contribution in [2.24, 2.45) is 0 Å². The van der Waals surface area contributed by atoms with E-state index in [9.17, 15) is 0 Å². The Bertz CT molecular complexity index is 1190. The number of nitrogens with zero attached hydrogens (tertiary/aromatic N) is 5. The molecule has 0 saturated carbocycles. The predicted octanol–water partition coefficient (Wildman–Crippen LogP) is 4.46. The molecule has 0 radical (unpaired) electrons. The summed E-state index contributed by atoms with van der Waals surface area (Å²) in [5, 5.41) is 25.1. The summed E-state index contributed by atoms with van der Waals surface area (Å²) >= 11 is 3.40. The van der Waals surface area contributed by atoms with Gasteiger partial charge in [-0.25, -0.2) is 9.97 Å². The molecule has 4 rings (SSSR count). The van der Waals surface area contributed by atoms with Crippen molar-refractivity contribution < 1.29 is 19.5 Å². The van der Waals surface area contributed by atoms with E-state index in [1.54, 1.807) is 24.5 Å². The summed E-state index contributed by atoms with van der Waals surface area (Å²) in [6.07, 6.45) is 3.35. The Balaban J connectivity index is 0.000000469. The molecule has 0 aliphatic heterocycles. The zero-order chi connectivity index (χ0) is 21.8. The van der Waals surface area contributed by atoms with Crippen molar-refractivity contribution in [2.45, 2.75) is 0 Å². The number of halogens is 1. The number of benzene rings is 2. The second kappa shape index (κ2) is 13.6. The van der Waals surface area contributed by atoms with Gasteiger partial charge in [0.25, 0.3) is 0 Å². The molecule has 0 spiro atoms. The average molecular weight is 510 g/mol. The van der Waals surface area contributed by atoms with Gasteiger partial charge in [-0.05, 0) is 59.3 Å². The third-order valence-electron chi connectivity index (χ3n) is 3.68. The largest absolute Gasteiger partial charge is 2.00 e. The quantitative estimate of drug-likeness (QED) is 0.262. The fraction of sp³-hybridized carbons (Fsp3) is 0. The average Bonchev–Trinajstić information content (AvgIpc) is 2.77. The van der Waals surface area contributed by atoms with Gasteiger partial charge in [0, 0.05) is 27.6 Å². The SMILES string of the molecule is N#Cc1ccc2c(N)nccc2c1.Nc1nccc2cc(Br)ccc12.[C-]#N.[C-]#N.[Zn+2]. The van der Waals surface area contributed by atoms with Crippen molar-refractivity contribution in [3.05, 3.63) is 84.1 Å². The van der Waals surface area contributed by atoms with E-state index in [2.05, 4.69) is 32.0 Å². The Morgan fingerprint density at radius 2 is 1.23 bits per heavy atom. The molecule has 0 aliphatic rings. The maximum atomic E-state index is 8.67. The first kappa shape index (κ1) is 26.4. The number of aromatic nitrogens is 2. The number of rotatable bonds is 0. The molecule has 0 saturated heterocycles. The molecule has 30 heavy (non-hydrogen) atoms. The molecule has 0 atom stereocenters. The van der Waals surface area contributed by atoms with E-state index in [4.69, 9.17) is 40.4 Å². The first-order valence-corrected chi connectivity index (χ1v) is 8.66. The fourth-order valence-corrected chi connectivity index (χ4v) is 2.82. The summed E-state index contributed by atoms with van der Waals surface area (Å²) in [5.74, 6) is 1.09. The van der Waals surface area contributed by atoms with Gasteiger partial charge >= 0.3 is 19.5 Å². The molecule has 0 fully saturated rings. The normalized spacial score (nSPS) is 8.53. The number of hydrogen-bond donors (Lipinski definition) is 2. The van der Waals surface area contributed by atoms with E-state index in [0.717, 1.165) is 26.0 Å². The van der Waals surface area contributed by atoms with E-state index in [0.29, 0.717) is 17.2 Å². The molecule has 2 aromatic carbocycles. The number of fused-ring (bicyclic) bond motifs is 2. The molecular formula is C21H14BrN7Zn. The van der Waals surface area contributed by atoms with E-state index in [1.807, 2.05) is 36.4 Å². The Kier molecular flexibility index (Phi) is 12.0. The van der Waals surface area contributed by atoms with Gasteiger partial charge in [-0.1, -0.05) is 15.9 Å². The summed E-state index contributed by atoms with van der Waals surface area (Å²) in [4.78, 5) is 7.96. The van der Waals surface area contributed by atoms with Gasteiger partial charge in [0.1, 0.15) is 11.6 Å². The van der Waals surface area contributed by atoms with Gasteiger partial charge in [-0.15, -0.1) is 0 Å². The van der Waals surface area contributed by atoms with E-state index < -0.39 is 0 Å². The zero-order valence-electron chi connectivity index (χ0n) is 15.7. The number of anilines is 2. The van der Waals surface area contributed by atoms with Crippen molar-refractivity contribution in [3.8, 4) is 6.07 Å². The number of pyridine rings is 2. The summed E-state index contributed by atoms with van der Waals surface area (Å²) in [6, 6.07) is 17.1.